The van der Waals surface area contributed by atoms with Crippen LogP contribution in [-0.4, -0.2) is 36.2 Å². The Morgan fingerprint density at radius 2 is 2.05 bits per heavy atom. The molecular weight excluding hydrogens is 252 g/mol. The zero-order valence-electron chi connectivity index (χ0n) is 13.2. The van der Waals surface area contributed by atoms with Gasteiger partial charge < -0.3 is 14.5 Å². The SMILES string of the molecule is CC1CN(Cc2ccc(CNC(C)(C)C)o2)CCCO1. The van der Waals surface area contributed by atoms with Gasteiger partial charge in [-0.3, -0.25) is 4.90 Å². The van der Waals surface area contributed by atoms with E-state index in [1.54, 1.807) is 0 Å². The quantitative estimate of drug-likeness (QED) is 0.920. The lowest BCUT2D eigenvalue weighted by Crippen LogP contribution is -2.34. The molecule has 0 aromatic carbocycles. The second-order valence-electron chi connectivity index (χ2n) is 6.74. The molecule has 1 aromatic rings. The van der Waals surface area contributed by atoms with Crippen LogP contribution in [0.1, 0.15) is 45.6 Å². The molecule has 1 saturated heterocycles. The predicted octanol–water partition coefficient (Wildman–Crippen LogP) is 2.78. The smallest absolute Gasteiger partial charge is 0.118 e. The fourth-order valence-electron chi connectivity index (χ4n) is 2.40. The Kier molecular flexibility index (Phi) is 5.24. The molecule has 4 heteroatoms. The van der Waals surface area contributed by atoms with Gasteiger partial charge in [0.1, 0.15) is 11.5 Å². The van der Waals surface area contributed by atoms with E-state index in [0.29, 0.717) is 6.10 Å². The molecule has 0 spiro atoms. The maximum atomic E-state index is 5.91. The molecule has 4 nitrogen and oxygen atoms in total. The van der Waals surface area contributed by atoms with Crippen molar-refractivity contribution in [1.29, 1.82) is 0 Å². The van der Waals surface area contributed by atoms with Crippen molar-refractivity contribution in [1.82, 2.24) is 10.2 Å². The summed E-state index contributed by atoms with van der Waals surface area (Å²) < 4.78 is 11.6. The van der Waals surface area contributed by atoms with Crippen LogP contribution in [0.3, 0.4) is 0 Å². The molecule has 0 amide bonds. The van der Waals surface area contributed by atoms with Gasteiger partial charge in [0, 0.05) is 25.2 Å². The Hall–Kier alpha value is -0.840. The first-order valence-corrected chi connectivity index (χ1v) is 7.59. The molecule has 2 heterocycles. The third-order valence-corrected chi connectivity index (χ3v) is 3.43. The molecular formula is C16H28N2O2. The summed E-state index contributed by atoms with van der Waals surface area (Å²) in [4.78, 5) is 2.41. The minimum atomic E-state index is 0.116. The van der Waals surface area contributed by atoms with Crippen molar-refractivity contribution in [3.8, 4) is 0 Å². The summed E-state index contributed by atoms with van der Waals surface area (Å²) >= 11 is 0. The van der Waals surface area contributed by atoms with Crippen molar-refractivity contribution in [3.63, 3.8) is 0 Å². The number of nitrogens with one attached hydrogen (secondary N) is 1. The number of nitrogens with zero attached hydrogens (tertiary/aromatic N) is 1. The molecule has 1 N–H and O–H groups in total. The summed E-state index contributed by atoms with van der Waals surface area (Å²) in [6, 6.07) is 4.17. The Bertz CT molecular complexity index is 409. The van der Waals surface area contributed by atoms with Gasteiger partial charge in [0.05, 0.1) is 19.2 Å². The van der Waals surface area contributed by atoms with E-state index in [9.17, 15) is 0 Å². The minimum absolute atomic E-state index is 0.116. The number of hydrogen-bond donors (Lipinski definition) is 1. The van der Waals surface area contributed by atoms with Crippen molar-refractivity contribution in [2.75, 3.05) is 19.7 Å². The number of furan rings is 1. The molecule has 0 saturated carbocycles. The molecule has 114 valence electrons. The molecule has 2 rings (SSSR count). The molecule has 20 heavy (non-hydrogen) atoms. The lowest BCUT2D eigenvalue weighted by molar-refractivity contribution is 0.0658. The fraction of sp³-hybridized carbons (Fsp3) is 0.750. The second-order valence-corrected chi connectivity index (χ2v) is 6.74. The second kappa shape index (κ2) is 6.74. The first-order valence-electron chi connectivity index (χ1n) is 7.59. The first-order chi connectivity index (χ1) is 9.42. The van der Waals surface area contributed by atoms with Gasteiger partial charge in [-0.25, -0.2) is 0 Å². The average molecular weight is 280 g/mol. The van der Waals surface area contributed by atoms with Crippen LogP contribution in [0.15, 0.2) is 16.5 Å². The molecule has 0 radical (unpaired) electrons. The number of rotatable bonds is 4. The molecule has 1 aliphatic rings. The minimum Gasteiger partial charge on any atom is -0.463 e. The Labute approximate surface area is 122 Å². The van der Waals surface area contributed by atoms with E-state index in [0.717, 1.165) is 50.7 Å². The van der Waals surface area contributed by atoms with Crippen LogP contribution in [-0.2, 0) is 17.8 Å². The van der Waals surface area contributed by atoms with Crippen LogP contribution >= 0.6 is 0 Å². The Morgan fingerprint density at radius 1 is 1.30 bits per heavy atom. The number of hydrogen-bond acceptors (Lipinski definition) is 4. The van der Waals surface area contributed by atoms with Gasteiger partial charge >= 0.3 is 0 Å². The van der Waals surface area contributed by atoms with Crippen LogP contribution in [0.25, 0.3) is 0 Å². The molecule has 1 unspecified atom stereocenters. The van der Waals surface area contributed by atoms with Crippen molar-refractivity contribution in [2.24, 2.45) is 0 Å². The largest absolute Gasteiger partial charge is 0.463 e. The summed E-state index contributed by atoms with van der Waals surface area (Å²) in [5.41, 5.74) is 0.116. The predicted molar refractivity (Wildman–Crippen MR) is 80.6 cm³/mol. The van der Waals surface area contributed by atoms with Crippen LogP contribution in [0.2, 0.25) is 0 Å². The zero-order chi connectivity index (χ0) is 14.6. The highest BCUT2D eigenvalue weighted by atomic mass is 16.5. The van der Waals surface area contributed by atoms with Crippen molar-refractivity contribution < 1.29 is 9.15 Å². The maximum absolute atomic E-state index is 5.91. The molecule has 1 aromatic heterocycles. The van der Waals surface area contributed by atoms with E-state index < -0.39 is 0 Å². The summed E-state index contributed by atoms with van der Waals surface area (Å²) in [5, 5.41) is 3.44. The van der Waals surface area contributed by atoms with Gasteiger partial charge in [0.2, 0.25) is 0 Å². The van der Waals surface area contributed by atoms with Gasteiger partial charge in [-0.05, 0) is 46.2 Å². The van der Waals surface area contributed by atoms with Gasteiger partial charge in [0.25, 0.3) is 0 Å². The first kappa shape index (κ1) is 15.5. The number of ether oxygens (including phenoxy) is 1. The summed E-state index contributed by atoms with van der Waals surface area (Å²) in [6.07, 6.45) is 1.42. The van der Waals surface area contributed by atoms with E-state index in [1.165, 1.54) is 0 Å². The average Bonchev–Trinajstić information content (AvgIpc) is 2.69. The highest BCUT2D eigenvalue weighted by Gasteiger charge is 2.17. The monoisotopic (exact) mass is 280 g/mol. The van der Waals surface area contributed by atoms with Crippen molar-refractivity contribution in [3.05, 3.63) is 23.7 Å². The third-order valence-electron chi connectivity index (χ3n) is 3.43. The van der Waals surface area contributed by atoms with Gasteiger partial charge in [0.15, 0.2) is 0 Å². The van der Waals surface area contributed by atoms with Crippen LogP contribution in [0.5, 0.6) is 0 Å². The highest BCUT2D eigenvalue weighted by molar-refractivity contribution is 5.07. The van der Waals surface area contributed by atoms with E-state index in [2.05, 4.69) is 50.0 Å². The van der Waals surface area contributed by atoms with Crippen LogP contribution in [0, 0.1) is 0 Å². The molecule has 1 aliphatic heterocycles. The highest BCUT2D eigenvalue weighted by Crippen LogP contribution is 2.14. The molecule has 1 fully saturated rings. The van der Waals surface area contributed by atoms with Gasteiger partial charge in [-0.2, -0.15) is 0 Å². The molecule has 0 bridgehead atoms. The van der Waals surface area contributed by atoms with Crippen LogP contribution in [0.4, 0.5) is 0 Å². The van der Waals surface area contributed by atoms with E-state index in [4.69, 9.17) is 9.15 Å². The van der Waals surface area contributed by atoms with Gasteiger partial charge in [-0.1, -0.05) is 0 Å². The van der Waals surface area contributed by atoms with Crippen molar-refractivity contribution in [2.45, 2.75) is 58.8 Å². The summed E-state index contributed by atoms with van der Waals surface area (Å²) in [7, 11) is 0. The molecule has 1 atom stereocenters. The maximum Gasteiger partial charge on any atom is 0.118 e. The van der Waals surface area contributed by atoms with Gasteiger partial charge in [-0.15, -0.1) is 0 Å². The molecule has 0 aliphatic carbocycles. The Balaban J connectivity index is 1.85. The zero-order valence-corrected chi connectivity index (χ0v) is 13.2. The standard InChI is InChI=1S/C16H28N2O2/c1-13-11-18(8-5-9-19-13)12-15-7-6-14(20-15)10-17-16(2,3)4/h6-7,13,17H,5,8-12H2,1-4H3. The lowest BCUT2D eigenvalue weighted by Gasteiger charge is -2.20. The lowest BCUT2D eigenvalue weighted by atomic mass is 10.1. The topological polar surface area (TPSA) is 37.6 Å². The van der Waals surface area contributed by atoms with E-state index >= 15 is 0 Å². The normalized spacial score (nSPS) is 21.9. The van der Waals surface area contributed by atoms with E-state index in [-0.39, 0.29) is 5.54 Å². The summed E-state index contributed by atoms with van der Waals surface area (Å²) in [5.74, 6) is 2.05. The third kappa shape index (κ3) is 5.27. The fourth-order valence-corrected chi connectivity index (χ4v) is 2.40. The van der Waals surface area contributed by atoms with Crippen LogP contribution < -0.4 is 5.32 Å². The van der Waals surface area contributed by atoms with E-state index in [1.807, 2.05) is 0 Å². The van der Waals surface area contributed by atoms with Crippen molar-refractivity contribution >= 4 is 0 Å². The summed E-state index contributed by atoms with van der Waals surface area (Å²) in [6.45, 7) is 13.2. The Morgan fingerprint density at radius 3 is 2.80 bits per heavy atom.